The van der Waals surface area contributed by atoms with E-state index in [1.54, 1.807) is 6.92 Å². The van der Waals surface area contributed by atoms with Crippen LogP contribution in [-0.4, -0.2) is 75.4 Å². The minimum atomic E-state index is -1.52. The summed E-state index contributed by atoms with van der Waals surface area (Å²) in [4.78, 5) is 44.0. The smallest absolute Gasteiger partial charge is 0.371 e. The molecule has 0 aromatic heterocycles. The Hall–Kier alpha value is -2.94. The van der Waals surface area contributed by atoms with Crippen molar-refractivity contribution in [2.45, 2.75) is 19.9 Å². The average molecular weight is 399 g/mol. The first-order chi connectivity index (χ1) is 12.8. The molecular formula is C19H29NO8. The van der Waals surface area contributed by atoms with Crippen LogP contribution in [0.15, 0.2) is 37.0 Å². The summed E-state index contributed by atoms with van der Waals surface area (Å²) in [7, 11) is 4.59. The molecule has 158 valence electrons. The predicted octanol–water partition coefficient (Wildman–Crippen LogP) is -0.235. The molecule has 9 heteroatoms. The topological polar surface area (TPSA) is 119 Å². The molecule has 1 atom stereocenters. The van der Waals surface area contributed by atoms with Crippen LogP contribution in [0.1, 0.15) is 13.8 Å². The number of hydrogen-bond donors (Lipinski definition) is 0. The molecule has 0 aromatic rings. The van der Waals surface area contributed by atoms with Crippen molar-refractivity contribution in [3.63, 3.8) is 0 Å². The minimum absolute atomic E-state index is 0.158. The Labute approximate surface area is 165 Å². The highest BCUT2D eigenvalue weighted by Gasteiger charge is 2.34. The molecular weight excluding hydrogens is 370 g/mol. The quantitative estimate of drug-likeness (QED) is 0.0940. The number of hydrogen-bond acceptors (Lipinski definition) is 8. The van der Waals surface area contributed by atoms with E-state index >= 15 is 0 Å². The van der Waals surface area contributed by atoms with E-state index in [4.69, 9.17) is 9.47 Å². The normalized spacial score (nSPS) is 11.0. The Morgan fingerprint density at radius 3 is 1.71 bits per heavy atom. The molecule has 0 aliphatic heterocycles. The molecule has 28 heavy (non-hydrogen) atoms. The fraction of sp³-hybridized carbons (Fsp3) is 0.474. The molecule has 0 aliphatic carbocycles. The number of ether oxygens (including phenoxy) is 3. The lowest BCUT2D eigenvalue weighted by Crippen LogP contribution is -2.59. The molecule has 1 unspecified atom stereocenters. The summed E-state index contributed by atoms with van der Waals surface area (Å²) in [5.41, 5.74) is 0.641. The number of carboxylic acid groups (broad SMARTS) is 1. The molecule has 0 fully saturated rings. The summed E-state index contributed by atoms with van der Waals surface area (Å²) in [5, 5.41) is 10.9. The van der Waals surface area contributed by atoms with Crippen LogP contribution in [0.3, 0.4) is 0 Å². The summed E-state index contributed by atoms with van der Waals surface area (Å²) < 4.78 is 13.9. The second-order valence-corrected chi connectivity index (χ2v) is 6.59. The number of nitrogens with zero attached hydrogens (tertiary/aromatic N) is 1. The van der Waals surface area contributed by atoms with E-state index in [2.05, 4.69) is 24.5 Å². The molecule has 0 N–H and O–H groups in total. The number of carboxylic acids is 1. The largest absolute Gasteiger partial charge is 0.543 e. The Morgan fingerprint density at radius 2 is 1.36 bits per heavy atom. The van der Waals surface area contributed by atoms with Gasteiger partial charge in [0, 0.05) is 11.1 Å². The Kier molecular flexibility index (Phi) is 12.9. The van der Waals surface area contributed by atoms with E-state index in [0.29, 0.717) is 5.57 Å². The number of quaternary nitrogens is 1. The highest BCUT2D eigenvalue weighted by molar-refractivity contribution is 5.95. The summed E-state index contributed by atoms with van der Waals surface area (Å²) in [6, 6.07) is -1.43. The Morgan fingerprint density at radius 1 is 0.929 bits per heavy atom. The van der Waals surface area contributed by atoms with Gasteiger partial charge in [0.2, 0.25) is 6.04 Å². The second kappa shape index (κ2) is 13.3. The van der Waals surface area contributed by atoms with Crippen LogP contribution >= 0.6 is 0 Å². The van der Waals surface area contributed by atoms with Crippen LogP contribution in [0.4, 0.5) is 0 Å². The SMILES string of the molecule is C=C(C)C(=O)OCCOC(=O)C(C(=O)[O-])[N+](C)(C)C.C=CCOC(=O)C(=C)C. The summed E-state index contributed by atoms with van der Waals surface area (Å²) >= 11 is 0. The maximum atomic E-state index is 11.6. The van der Waals surface area contributed by atoms with Gasteiger partial charge in [-0.25, -0.2) is 14.4 Å². The first-order valence-electron chi connectivity index (χ1n) is 8.20. The zero-order valence-electron chi connectivity index (χ0n) is 17.1. The molecule has 0 spiro atoms. The molecule has 0 radical (unpaired) electrons. The van der Waals surface area contributed by atoms with E-state index < -0.39 is 23.9 Å². The van der Waals surface area contributed by atoms with Crippen molar-refractivity contribution in [1.29, 1.82) is 0 Å². The van der Waals surface area contributed by atoms with Gasteiger partial charge in [0.15, 0.2) is 0 Å². The standard InChI is InChI=1S/C12H19NO6.C7H10O2/c1-8(2)11(16)18-6-7-19-12(17)9(10(14)15)13(3,4)5;1-4-5-9-7(8)6(2)3/h9H,1,6-7H2,2-5H3;4H,1-2,5H2,3H3. The number of esters is 3. The number of carbonyl (C=O) groups excluding carboxylic acids is 4. The summed E-state index contributed by atoms with van der Waals surface area (Å²) in [5.74, 6) is -3.41. The third-order valence-corrected chi connectivity index (χ3v) is 2.81. The van der Waals surface area contributed by atoms with E-state index in [1.165, 1.54) is 34.1 Å². The molecule has 0 aromatic carbocycles. The van der Waals surface area contributed by atoms with E-state index in [0.717, 1.165) is 0 Å². The van der Waals surface area contributed by atoms with Crippen molar-refractivity contribution in [1.82, 2.24) is 0 Å². The molecule has 0 heterocycles. The van der Waals surface area contributed by atoms with Crippen molar-refractivity contribution in [2.24, 2.45) is 0 Å². The third kappa shape index (κ3) is 12.4. The van der Waals surface area contributed by atoms with Gasteiger partial charge < -0.3 is 28.6 Å². The fourth-order valence-corrected chi connectivity index (χ4v) is 1.47. The van der Waals surface area contributed by atoms with E-state index in [9.17, 15) is 24.3 Å². The zero-order valence-corrected chi connectivity index (χ0v) is 17.1. The van der Waals surface area contributed by atoms with Crippen LogP contribution in [0.25, 0.3) is 0 Å². The first-order valence-corrected chi connectivity index (χ1v) is 8.20. The third-order valence-electron chi connectivity index (χ3n) is 2.81. The van der Waals surface area contributed by atoms with E-state index in [1.807, 2.05) is 0 Å². The van der Waals surface area contributed by atoms with Crippen molar-refractivity contribution in [3.05, 3.63) is 37.0 Å². The van der Waals surface area contributed by atoms with Crippen LogP contribution < -0.4 is 5.11 Å². The summed E-state index contributed by atoms with van der Waals surface area (Å²) in [6.45, 7) is 13.1. The van der Waals surface area contributed by atoms with Crippen LogP contribution in [-0.2, 0) is 33.4 Å². The van der Waals surface area contributed by atoms with Gasteiger partial charge in [-0.3, -0.25) is 0 Å². The molecule has 9 nitrogen and oxygen atoms in total. The fourth-order valence-electron chi connectivity index (χ4n) is 1.47. The van der Waals surface area contributed by atoms with Crippen LogP contribution in [0.5, 0.6) is 0 Å². The summed E-state index contributed by atoms with van der Waals surface area (Å²) in [6.07, 6.45) is 1.51. The second-order valence-electron chi connectivity index (χ2n) is 6.59. The first kappa shape index (κ1) is 27.3. The average Bonchev–Trinajstić information content (AvgIpc) is 2.54. The van der Waals surface area contributed by atoms with Gasteiger partial charge in [-0.05, 0) is 13.8 Å². The number of aliphatic carboxylic acids is 1. The van der Waals surface area contributed by atoms with Crippen molar-refractivity contribution in [3.8, 4) is 0 Å². The molecule has 0 aliphatic rings. The van der Waals surface area contributed by atoms with Gasteiger partial charge in [0.1, 0.15) is 25.8 Å². The lowest BCUT2D eigenvalue weighted by atomic mass is 10.2. The van der Waals surface area contributed by atoms with E-state index in [-0.39, 0.29) is 35.8 Å². The number of likely N-dealkylation sites (N-methyl/N-ethyl adjacent to an activating group) is 1. The number of carbonyl (C=O) groups is 4. The Balaban J connectivity index is 0. The van der Waals surface area contributed by atoms with Gasteiger partial charge in [0.25, 0.3) is 0 Å². The van der Waals surface area contributed by atoms with Crippen molar-refractivity contribution in [2.75, 3.05) is 41.0 Å². The Bertz CT molecular complexity index is 616. The lowest BCUT2D eigenvalue weighted by Gasteiger charge is -2.32. The molecule has 0 saturated heterocycles. The monoisotopic (exact) mass is 399 g/mol. The van der Waals surface area contributed by atoms with Crippen molar-refractivity contribution >= 4 is 23.9 Å². The predicted molar refractivity (Wildman–Crippen MR) is 99.5 cm³/mol. The number of rotatable bonds is 10. The van der Waals surface area contributed by atoms with Gasteiger partial charge in [-0.2, -0.15) is 0 Å². The van der Waals surface area contributed by atoms with Gasteiger partial charge in [-0.15, -0.1) is 0 Å². The maximum absolute atomic E-state index is 11.6. The molecule has 0 bridgehead atoms. The van der Waals surface area contributed by atoms with Gasteiger partial charge in [-0.1, -0.05) is 25.8 Å². The maximum Gasteiger partial charge on any atom is 0.371 e. The van der Waals surface area contributed by atoms with Crippen molar-refractivity contribution < 1.29 is 43.0 Å². The van der Waals surface area contributed by atoms with Crippen LogP contribution in [0, 0.1) is 0 Å². The van der Waals surface area contributed by atoms with Gasteiger partial charge >= 0.3 is 17.9 Å². The van der Waals surface area contributed by atoms with Crippen LogP contribution in [0.2, 0.25) is 0 Å². The molecule has 0 saturated carbocycles. The lowest BCUT2D eigenvalue weighted by molar-refractivity contribution is -0.881. The highest BCUT2D eigenvalue weighted by atomic mass is 16.6. The molecule has 0 amide bonds. The molecule has 0 rings (SSSR count). The highest BCUT2D eigenvalue weighted by Crippen LogP contribution is 2.04. The minimum Gasteiger partial charge on any atom is -0.543 e. The zero-order chi connectivity index (χ0) is 22.5. The van der Waals surface area contributed by atoms with Gasteiger partial charge in [0.05, 0.1) is 21.1 Å².